The van der Waals surface area contributed by atoms with E-state index in [2.05, 4.69) is 4.98 Å². The molecule has 0 spiro atoms. The van der Waals surface area contributed by atoms with Gasteiger partial charge in [-0.3, -0.25) is 4.98 Å². The van der Waals surface area contributed by atoms with Crippen molar-refractivity contribution in [3.8, 4) is 5.75 Å². The molecule has 1 unspecified atom stereocenters. The number of nitrogens with zero attached hydrogens (tertiary/aromatic N) is 2. The molecular weight excluding hydrogens is 328 g/mol. The molecule has 1 atom stereocenters. The molecule has 0 fully saturated rings. The first-order valence-corrected chi connectivity index (χ1v) is 8.93. The summed E-state index contributed by atoms with van der Waals surface area (Å²) in [5, 5.41) is 9.39. The third-order valence-electron chi connectivity index (χ3n) is 4.07. The number of aromatic nitrogens is 1. The second-order valence-electron chi connectivity index (χ2n) is 5.54. The van der Waals surface area contributed by atoms with Crippen LogP contribution in [0.3, 0.4) is 0 Å². The quantitative estimate of drug-likeness (QED) is 0.917. The summed E-state index contributed by atoms with van der Waals surface area (Å²) in [6.07, 6.45) is 3.09. The van der Waals surface area contributed by atoms with Crippen molar-refractivity contribution in [1.29, 1.82) is 0 Å². The van der Waals surface area contributed by atoms with E-state index in [1.807, 2.05) is 12.1 Å². The summed E-state index contributed by atoms with van der Waals surface area (Å²) in [4.78, 5) is 5.45. The SMILES string of the molecule is COc1ccc(CN2C(O)=C(C)S(=O)(=O)C2c2cccnc2)cc1. The summed E-state index contributed by atoms with van der Waals surface area (Å²) in [6, 6.07) is 10.7. The Kier molecular flexibility index (Phi) is 4.19. The summed E-state index contributed by atoms with van der Waals surface area (Å²) < 4.78 is 30.5. The molecule has 126 valence electrons. The van der Waals surface area contributed by atoms with Gasteiger partial charge >= 0.3 is 0 Å². The molecule has 2 aromatic rings. The van der Waals surface area contributed by atoms with Gasteiger partial charge in [-0.05, 0) is 30.7 Å². The van der Waals surface area contributed by atoms with Gasteiger partial charge in [0.05, 0.1) is 7.11 Å². The molecule has 2 heterocycles. The van der Waals surface area contributed by atoms with Crippen LogP contribution in [0.1, 0.15) is 23.4 Å². The highest BCUT2D eigenvalue weighted by molar-refractivity contribution is 7.95. The number of aliphatic hydroxyl groups excluding tert-OH is 1. The van der Waals surface area contributed by atoms with E-state index in [0.29, 0.717) is 11.3 Å². The number of allylic oxidation sites excluding steroid dienone is 1. The summed E-state index contributed by atoms with van der Waals surface area (Å²) in [5.41, 5.74) is 1.38. The first kappa shape index (κ1) is 16.3. The Hall–Kier alpha value is -2.54. The first-order chi connectivity index (χ1) is 11.4. The van der Waals surface area contributed by atoms with Crippen molar-refractivity contribution in [2.24, 2.45) is 0 Å². The standard InChI is InChI=1S/C17H18N2O4S/c1-12-16(20)19(11-13-5-7-15(23-2)8-6-13)17(24(12,21)22)14-4-3-9-18-10-14/h3-10,17,20H,11H2,1-2H3. The van der Waals surface area contributed by atoms with Crippen molar-refractivity contribution in [3.63, 3.8) is 0 Å². The predicted octanol–water partition coefficient (Wildman–Crippen LogP) is 2.77. The smallest absolute Gasteiger partial charge is 0.204 e. The number of aliphatic hydroxyl groups is 1. The molecule has 1 aliphatic rings. The molecule has 0 radical (unpaired) electrons. The van der Waals surface area contributed by atoms with Crippen molar-refractivity contribution in [2.75, 3.05) is 7.11 Å². The van der Waals surface area contributed by atoms with Crippen LogP contribution in [-0.2, 0) is 16.4 Å². The minimum Gasteiger partial charge on any atom is -0.497 e. The molecule has 0 bridgehead atoms. The van der Waals surface area contributed by atoms with Crippen molar-refractivity contribution >= 4 is 9.84 Å². The Balaban J connectivity index is 1.99. The average molecular weight is 346 g/mol. The van der Waals surface area contributed by atoms with Crippen LogP contribution in [-0.4, -0.2) is 30.5 Å². The molecule has 1 aromatic carbocycles. The highest BCUT2D eigenvalue weighted by Gasteiger charge is 2.44. The van der Waals surface area contributed by atoms with Gasteiger partial charge in [-0.25, -0.2) is 8.42 Å². The highest BCUT2D eigenvalue weighted by atomic mass is 32.2. The number of pyridine rings is 1. The molecule has 0 amide bonds. The van der Waals surface area contributed by atoms with Gasteiger partial charge in [0.15, 0.2) is 5.37 Å². The third-order valence-corrected chi connectivity index (χ3v) is 6.22. The van der Waals surface area contributed by atoms with Gasteiger partial charge in [0, 0.05) is 24.5 Å². The lowest BCUT2D eigenvalue weighted by atomic mass is 10.2. The Bertz CT molecular complexity index is 861. The van der Waals surface area contributed by atoms with Crippen LogP contribution >= 0.6 is 0 Å². The van der Waals surface area contributed by atoms with Gasteiger partial charge in [0.25, 0.3) is 0 Å². The minimum atomic E-state index is -3.66. The highest BCUT2D eigenvalue weighted by Crippen LogP contribution is 2.41. The molecule has 1 N–H and O–H groups in total. The van der Waals surface area contributed by atoms with Gasteiger partial charge in [-0.2, -0.15) is 0 Å². The number of ether oxygens (including phenoxy) is 1. The Labute approximate surface area is 140 Å². The first-order valence-electron chi connectivity index (χ1n) is 7.38. The van der Waals surface area contributed by atoms with Crippen molar-refractivity contribution in [1.82, 2.24) is 9.88 Å². The van der Waals surface area contributed by atoms with Crippen LogP contribution in [0.4, 0.5) is 0 Å². The molecule has 7 heteroatoms. The van der Waals surface area contributed by atoms with Crippen LogP contribution in [0.15, 0.2) is 59.6 Å². The van der Waals surface area contributed by atoms with Crippen LogP contribution in [0.25, 0.3) is 0 Å². The second-order valence-corrected chi connectivity index (χ2v) is 7.69. The maximum absolute atomic E-state index is 12.7. The van der Waals surface area contributed by atoms with Gasteiger partial charge < -0.3 is 14.7 Å². The molecule has 1 aliphatic heterocycles. The monoisotopic (exact) mass is 346 g/mol. The van der Waals surface area contributed by atoms with Gasteiger partial charge in [0.1, 0.15) is 10.7 Å². The van der Waals surface area contributed by atoms with E-state index in [0.717, 1.165) is 5.56 Å². The zero-order valence-electron chi connectivity index (χ0n) is 13.4. The fourth-order valence-electron chi connectivity index (χ4n) is 2.74. The predicted molar refractivity (Wildman–Crippen MR) is 89.8 cm³/mol. The van der Waals surface area contributed by atoms with E-state index in [9.17, 15) is 13.5 Å². The van der Waals surface area contributed by atoms with Crippen LogP contribution < -0.4 is 4.74 Å². The van der Waals surface area contributed by atoms with Crippen molar-refractivity contribution in [3.05, 3.63) is 70.7 Å². The van der Waals surface area contributed by atoms with E-state index >= 15 is 0 Å². The number of benzene rings is 1. The number of methoxy groups -OCH3 is 1. The Morgan fingerprint density at radius 1 is 1.25 bits per heavy atom. The zero-order valence-corrected chi connectivity index (χ0v) is 14.2. The lowest BCUT2D eigenvalue weighted by Crippen LogP contribution is -2.27. The number of sulfone groups is 1. The van der Waals surface area contributed by atoms with Crippen molar-refractivity contribution in [2.45, 2.75) is 18.8 Å². The fraction of sp³-hybridized carbons (Fsp3) is 0.235. The van der Waals surface area contributed by atoms with Gasteiger partial charge in [-0.15, -0.1) is 0 Å². The summed E-state index contributed by atoms with van der Waals surface area (Å²) in [5.74, 6) is 0.493. The summed E-state index contributed by atoms with van der Waals surface area (Å²) >= 11 is 0. The molecule has 0 aliphatic carbocycles. The zero-order chi connectivity index (χ0) is 17.3. The lowest BCUT2D eigenvalue weighted by molar-refractivity contribution is 0.186. The molecule has 0 saturated carbocycles. The molecule has 3 rings (SSSR count). The number of rotatable bonds is 4. The van der Waals surface area contributed by atoms with Crippen LogP contribution in [0.5, 0.6) is 5.75 Å². The maximum atomic E-state index is 12.7. The lowest BCUT2D eigenvalue weighted by Gasteiger charge is -2.26. The normalized spacial score (nSPS) is 19.6. The topological polar surface area (TPSA) is 79.7 Å². The van der Waals surface area contributed by atoms with Crippen LogP contribution in [0, 0.1) is 0 Å². The third kappa shape index (κ3) is 2.71. The van der Waals surface area contributed by atoms with Crippen LogP contribution in [0.2, 0.25) is 0 Å². The molecular formula is C17H18N2O4S. The maximum Gasteiger partial charge on any atom is 0.204 e. The minimum absolute atomic E-state index is 0.0233. The van der Waals surface area contributed by atoms with E-state index in [1.165, 1.54) is 18.0 Å². The largest absolute Gasteiger partial charge is 0.497 e. The number of hydrogen-bond donors (Lipinski definition) is 1. The van der Waals surface area contributed by atoms with E-state index in [4.69, 9.17) is 4.74 Å². The van der Waals surface area contributed by atoms with E-state index < -0.39 is 15.2 Å². The molecule has 0 saturated heterocycles. The second kappa shape index (κ2) is 6.16. The van der Waals surface area contributed by atoms with Crippen molar-refractivity contribution < 1.29 is 18.3 Å². The Morgan fingerprint density at radius 2 is 1.96 bits per heavy atom. The number of hydrogen-bond acceptors (Lipinski definition) is 6. The van der Waals surface area contributed by atoms with Gasteiger partial charge in [0.2, 0.25) is 15.7 Å². The molecule has 6 nitrogen and oxygen atoms in total. The molecule has 1 aromatic heterocycles. The summed E-state index contributed by atoms with van der Waals surface area (Å²) in [6.45, 7) is 1.67. The summed E-state index contributed by atoms with van der Waals surface area (Å²) in [7, 11) is -2.08. The van der Waals surface area contributed by atoms with E-state index in [-0.39, 0.29) is 17.3 Å². The average Bonchev–Trinajstić information content (AvgIpc) is 2.76. The fourth-order valence-corrected chi connectivity index (χ4v) is 4.46. The van der Waals surface area contributed by atoms with Gasteiger partial charge in [-0.1, -0.05) is 18.2 Å². The Morgan fingerprint density at radius 3 is 2.54 bits per heavy atom. The van der Waals surface area contributed by atoms with E-state index in [1.54, 1.807) is 37.6 Å². The molecule has 24 heavy (non-hydrogen) atoms.